The highest BCUT2D eigenvalue weighted by atomic mass is 35.5. The van der Waals surface area contributed by atoms with E-state index in [4.69, 9.17) is 30.5 Å². The van der Waals surface area contributed by atoms with Crippen molar-refractivity contribution >= 4 is 55.7 Å². The number of benzene rings is 3. The molecular formula is C31H29ClN2O7S. The van der Waals surface area contributed by atoms with Gasteiger partial charge in [-0.25, -0.2) is 4.98 Å². The van der Waals surface area contributed by atoms with Gasteiger partial charge in [0.1, 0.15) is 11.5 Å². The number of rotatable bonds is 10. The number of ether oxygens (including phenoxy) is 4. The third kappa shape index (κ3) is 5.35. The number of aliphatic hydroxyl groups is 1. The second-order valence-corrected chi connectivity index (χ2v) is 10.9. The van der Waals surface area contributed by atoms with Crippen molar-refractivity contribution in [1.29, 1.82) is 0 Å². The number of aliphatic hydroxyl groups excluding tert-OH is 1. The molecule has 5 rings (SSSR count). The normalized spacial score (nSPS) is 16.2. The van der Waals surface area contributed by atoms with E-state index in [2.05, 4.69) is 11.9 Å². The van der Waals surface area contributed by atoms with Gasteiger partial charge in [-0.15, -0.1) is 0 Å². The number of methoxy groups -OCH3 is 3. The van der Waals surface area contributed by atoms with Crippen molar-refractivity contribution in [2.45, 2.75) is 25.8 Å². The Morgan fingerprint density at radius 1 is 1.02 bits per heavy atom. The van der Waals surface area contributed by atoms with E-state index < -0.39 is 17.7 Å². The lowest BCUT2D eigenvalue weighted by atomic mass is 9.94. The van der Waals surface area contributed by atoms with Crippen molar-refractivity contribution in [3.63, 3.8) is 0 Å². The smallest absolute Gasteiger partial charge is 0.301 e. The first-order valence-corrected chi connectivity index (χ1v) is 14.4. The third-order valence-corrected chi connectivity index (χ3v) is 8.12. The summed E-state index contributed by atoms with van der Waals surface area (Å²) in [4.78, 5) is 33.4. The maximum Gasteiger partial charge on any atom is 0.301 e. The number of carbonyl (C=O) groups excluding carboxylic acids is 2. The van der Waals surface area contributed by atoms with Gasteiger partial charge in [-0.2, -0.15) is 0 Å². The molecule has 2 heterocycles. The zero-order chi connectivity index (χ0) is 30.0. The molecule has 0 aliphatic carbocycles. The molecule has 1 aromatic heterocycles. The quantitative estimate of drug-likeness (QED) is 0.0908. The highest BCUT2D eigenvalue weighted by Gasteiger charge is 2.48. The summed E-state index contributed by atoms with van der Waals surface area (Å²) in [6.07, 6.45) is 1.84. The maximum atomic E-state index is 13.7. The van der Waals surface area contributed by atoms with Gasteiger partial charge in [-0.1, -0.05) is 48.4 Å². The molecular weight excluding hydrogens is 580 g/mol. The first-order chi connectivity index (χ1) is 20.3. The largest absolute Gasteiger partial charge is 0.507 e. The Morgan fingerprint density at radius 2 is 1.76 bits per heavy atom. The lowest BCUT2D eigenvalue weighted by Gasteiger charge is -2.24. The number of ketones is 1. The summed E-state index contributed by atoms with van der Waals surface area (Å²) in [5.41, 5.74) is 1.27. The van der Waals surface area contributed by atoms with E-state index in [0.29, 0.717) is 51.3 Å². The minimum absolute atomic E-state index is 0.114. The molecule has 1 aliphatic heterocycles. The molecule has 218 valence electrons. The fourth-order valence-corrected chi connectivity index (χ4v) is 6.09. The fraction of sp³-hybridized carbons (Fsp3) is 0.258. The van der Waals surface area contributed by atoms with E-state index in [0.717, 1.165) is 17.5 Å². The van der Waals surface area contributed by atoms with E-state index in [1.807, 2.05) is 0 Å². The lowest BCUT2D eigenvalue weighted by Crippen LogP contribution is -2.29. The van der Waals surface area contributed by atoms with Gasteiger partial charge in [0.15, 0.2) is 16.6 Å². The molecule has 0 saturated carbocycles. The van der Waals surface area contributed by atoms with Crippen LogP contribution in [0.4, 0.5) is 5.13 Å². The topological polar surface area (TPSA) is 107 Å². The zero-order valence-corrected chi connectivity index (χ0v) is 25.0. The van der Waals surface area contributed by atoms with E-state index in [-0.39, 0.29) is 16.5 Å². The van der Waals surface area contributed by atoms with E-state index >= 15 is 0 Å². The summed E-state index contributed by atoms with van der Waals surface area (Å²) in [6, 6.07) is 14.2. The van der Waals surface area contributed by atoms with Crippen LogP contribution in [0.5, 0.6) is 23.0 Å². The molecule has 3 aromatic carbocycles. The molecule has 1 fully saturated rings. The predicted molar refractivity (Wildman–Crippen MR) is 162 cm³/mol. The molecule has 0 bridgehead atoms. The van der Waals surface area contributed by atoms with Gasteiger partial charge >= 0.3 is 5.91 Å². The molecule has 9 nitrogen and oxygen atoms in total. The summed E-state index contributed by atoms with van der Waals surface area (Å²) < 4.78 is 23.2. The van der Waals surface area contributed by atoms with Crippen LogP contribution in [-0.2, 0) is 9.59 Å². The minimum atomic E-state index is -1.07. The number of thiazole rings is 1. The summed E-state index contributed by atoms with van der Waals surface area (Å²) in [7, 11) is 4.42. The Kier molecular flexibility index (Phi) is 8.56. The molecule has 1 atom stereocenters. The van der Waals surface area contributed by atoms with E-state index in [9.17, 15) is 14.7 Å². The Bertz CT molecular complexity index is 1670. The maximum absolute atomic E-state index is 13.7. The van der Waals surface area contributed by atoms with Gasteiger partial charge in [0.05, 0.1) is 49.8 Å². The number of halogens is 1. The third-order valence-electron chi connectivity index (χ3n) is 6.87. The van der Waals surface area contributed by atoms with Crippen molar-refractivity contribution in [2.24, 2.45) is 0 Å². The number of unbranched alkanes of at least 4 members (excludes halogenated alkanes) is 1. The van der Waals surface area contributed by atoms with Crippen LogP contribution >= 0.6 is 22.9 Å². The van der Waals surface area contributed by atoms with Crippen LogP contribution in [0.1, 0.15) is 36.9 Å². The van der Waals surface area contributed by atoms with Crippen LogP contribution in [0.2, 0.25) is 5.02 Å². The zero-order valence-electron chi connectivity index (χ0n) is 23.5. The van der Waals surface area contributed by atoms with E-state index in [1.165, 1.54) is 37.6 Å². The summed E-state index contributed by atoms with van der Waals surface area (Å²) >= 11 is 7.41. The van der Waals surface area contributed by atoms with Gasteiger partial charge < -0.3 is 24.1 Å². The van der Waals surface area contributed by atoms with Crippen molar-refractivity contribution in [2.75, 3.05) is 32.8 Å². The highest BCUT2D eigenvalue weighted by Crippen LogP contribution is 2.48. The first-order valence-electron chi connectivity index (χ1n) is 13.2. The van der Waals surface area contributed by atoms with Crippen LogP contribution in [0, 0.1) is 0 Å². The fourth-order valence-electron chi connectivity index (χ4n) is 4.82. The van der Waals surface area contributed by atoms with Crippen LogP contribution in [-0.4, -0.2) is 49.7 Å². The molecule has 4 aromatic rings. The van der Waals surface area contributed by atoms with Crippen LogP contribution in [0.25, 0.3) is 16.0 Å². The average Bonchev–Trinajstić information content (AvgIpc) is 3.53. The second kappa shape index (κ2) is 12.3. The Labute approximate surface area is 251 Å². The van der Waals surface area contributed by atoms with Crippen molar-refractivity contribution in [1.82, 2.24) is 4.98 Å². The SMILES string of the molecule is CCCCOc1cccc(/C(O)=C2\C(=O)C(=O)N(c3nc4ccc(Cl)cc4s3)C2c2cc(OC)c(OC)c(OC)c2)c1. The summed E-state index contributed by atoms with van der Waals surface area (Å²) in [5, 5.41) is 12.4. The summed E-state index contributed by atoms with van der Waals surface area (Å²) in [6.45, 7) is 2.58. The molecule has 1 saturated heterocycles. The highest BCUT2D eigenvalue weighted by molar-refractivity contribution is 7.22. The minimum Gasteiger partial charge on any atom is -0.507 e. The molecule has 11 heteroatoms. The van der Waals surface area contributed by atoms with Crippen molar-refractivity contribution in [3.05, 3.63) is 76.3 Å². The number of fused-ring (bicyclic) bond motifs is 1. The van der Waals surface area contributed by atoms with Gasteiger partial charge in [-0.05, 0) is 54.4 Å². The molecule has 1 unspecified atom stereocenters. The van der Waals surface area contributed by atoms with Gasteiger partial charge in [0, 0.05) is 10.6 Å². The number of carbonyl (C=O) groups is 2. The summed E-state index contributed by atoms with van der Waals surface area (Å²) in [5.74, 6) is -0.530. The van der Waals surface area contributed by atoms with Gasteiger partial charge in [0.25, 0.3) is 5.78 Å². The lowest BCUT2D eigenvalue weighted by molar-refractivity contribution is -0.132. The van der Waals surface area contributed by atoms with Crippen molar-refractivity contribution in [3.8, 4) is 23.0 Å². The molecule has 1 amide bonds. The van der Waals surface area contributed by atoms with Crippen LogP contribution in [0.3, 0.4) is 0 Å². The Morgan fingerprint density at radius 3 is 2.43 bits per heavy atom. The van der Waals surface area contributed by atoms with Crippen LogP contribution < -0.4 is 23.8 Å². The average molecular weight is 609 g/mol. The van der Waals surface area contributed by atoms with Gasteiger partial charge in [0.2, 0.25) is 5.75 Å². The number of hydrogen-bond donors (Lipinski definition) is 1. The molecule has 1 aliphatic rings. The Hall–Kier alpha value is -4.28. The number of hydrogen-bond acceptors (Lipinski definition) is 9. The van der Waals surface area contributed by atoms with Crippen molar-refractivity contribution < 1.29 is 33.6 Å². The monoisotopic (exact) mass is 608 g/mol. The Balaban J connectivity index is 1.72. The van der Waals surface area contributed by atoms with E-state index in [1.54, 1.807) is 54.6 Å². The first kappa shape index (κ1) is 29.2. The number of aromatic nitrogens is 1. The van der Waals surface area contributed by atoms with Crippen LogP contribution in [0.15, 0.2) is 60.2 Å². The molecule has 42 heavy (non-hydrogen) atoms. The number of Topliss-reactive ketones (excluding diaryl/α,β-unsaturated/α-hetero) is 1. The number of nitrogens with zero attached hydrogens (tertiary/aromatic N) is 2. The van der Waals surface area contributed by atoms with Gasteiger partial charge in [-0.3, -0.25) is 14.5 Å². The number of anilines is 1. The standard InChI is InChI=1S/C31H29ClN2O7S/c1-5-6-12-41-20-9-7-8-17(13-20)27(35)25-26(18-14-22(38-2)29(40-4)23(15-18)39-3)34(30(37)28(25)36)31-33-21-11-10-19(32)16-24(21)42-31/h7-11,13-16,26,35H,5-6,12H2,1-4H3/b27-25+. The molecule has 0 spiro atoms. The molecule has 1 N–H and O–H groups in total. The number of amides is 1. The molecule has 0 radical (unpaired) electrons. The second-order valence-electron chi connectivity index (χ2n) is 9.47. The predicted octanol–water partition coefficient (Wildman–Crippen LogP) is 6.78.